The van der Waals surface area contributed by atoms with Crippen molar-refractivity contribution in [1.29, 1.82) is 5.26 Å². The lowest BCUT2D eigenvalue weighted by molar-refractivity contribution is 0.391. The number of hydrogen-bond acceptors (Lipinski definition) is 5. The van der Waals surface area contributed by atoms with E-state index in [0.29, 0.717) is 4.47 Å². The first-order chi connectivity index (χ1) is 11.6. The van der Waals surface area contributed by atoms with Gasteiger partial charge in [0.1, 0.15) is 0 Å². The van der Waals surface area contributed by atoms with Gasteiger partial charge in [-0.3, -0.25) is 5.14 Å². The molecule has 0 aliphatic carbocycles. The summed E-state index contributed by atoms with van der Waals surface area (Å²) in [6, 6.07) is 3.23. The zero-order valence-electron chi connectivity index (χ0n) is 15.3. The molecule has 0 aliphatic rings. The summed E-state index contributed by atoms with van der Waals surface area (Å²) in [5.41, 5.74) is -1.24. The number of nitrogens with zero attached hydrogens (tertiary/aromatic N) is 2. The van der Waals surface area contributed by atoms with Crippen molar-refractivity contribution >= 4 is 36.8 Å². The van der Waals surface area contributed by atoms with Crippen LogP contribution in [-0.2, 0) is 26.2 Å². The monoisotopic (exact) mass is 467 g/mol. The lowest BCUT2D eigenvalue weighted by atomic mass is 9.78. The standard InChI is InChI=1S/C16H23BrFN3O3S2/c1-14(2,25(20)22)8-16(5,10-26(23,24)15(3,4)9-19)12-6-11(17)7-21-13(12)18/h6-7H,8,10,20H2,1-5H3/t16-,25?/m0/s1. The van der Waals surface area contributed by atoms with Gasteiger partial charge in [-0.1, -0.05) is 6.92 Å². The molecular weight excluding hydrogens is 445 g/mol. The Hall–Kier alpha value is -0.890. The molecular formula is C16H23BrFN3O3S2. The number of sulfone groups is 1. The molecule has 1 aromatic rings. The molecule has 1 heterocycles. The average Bonchev–Trinajstić information content (AvgIpc) is 2.48. The van der Waals surface area contributed by atoms with Gasteiger partial charge in [-0.25, -0.2) is 17.6 Å². The molecule has 2 atom stereocenters. The molecule has 146 valence electrons. The first-order valence-corrected chi connectivity index (χ1v) is 11.4. The second-order valence-corrected chi connectivity index (χ2v) is 12.8. The van der Waals surface area contributed by atoms with Gasteiger partial charge in [-0.05, 0) is 56.1 Å². The van der Waals surface area contributed by atoms with Crippen LogP contribution in [0.4, 0.5) is 4.39 Å². The van der Waals surface area contributed by atoms with Gasteiger partial charge in [-0.15, -0.1) is 0 Å². The van der Waals surface area contributed by atoms with Gasteiger partial charge in [0.05, 0.1) is 27.6 Å². The Bertz CT molecular complexity index is 866. The molecule has 6 nitrogen and oxygen atoms in total. The molecule has 1 unspecified atom stereocenters. The number of pyridine rings is 1. The fraction of sp³-hybridized carbons (Fsp3) is 0.625. The van der Waals surface area contributed by atoms with E-state index in [1.807, 2.05) is 0 Å². The summed E-state index contributed by atoms with van der Waals surface area (Å²) >= 11 is 3.21. The zero-order valence-corrected chi connectivity index (χ0v) is 18.6. The van der Waals surface area contributed by atoms with Gasteiger partial charge in [0.2, 0.25) is 5.95 Å². The summed E-state index contributed by atoms with van der Waals surface area (Å²) in [5, 5.41) is 14.8. The second kappa shape index (κ2) is 7.62. The summed E-state index contributed by atoms with van der Waals surface area (Å²) in [5.74, 6) is -1.34. The van der Waals surface area contributed by atoms with Gasteiger partial charge >= 0.3 is 0 Å². The number of nitriles is 1. The number of nitrogens with two attached hydrogens (primary N) is 1. The maximum absolute atomic E-state index is 14.5. The van der Waals surface area contributed by atoms with Crippen molar-refractivity contribution in [3.63, 3.8) is 0 Å². The van der Waals surface area contributed by atoms with Crippen LogP contribution in [0.5, 0.6) is 0 Å². The second-order valence-electron chi connectivity index (χ2n) is 7.67. The van der Waals surface area contributed by atoms with Gasteiger partial charge in [0, 0.05) is 21.6 Å². The van der Waals surface area contributed by atoms with E-state index < -0.39 is 47.4 Å². The molecule has 10 heteroatoms. The summed E-state index contributed by atoms with van der Waals surface area (Å²) < 4.78 is 49.9. The number of hydrogen-bond donors (Lipinski definition) is 1. The predicted octanol–water partition coefficient (Wildman–Crippen LogP) is 2.75. The Morgan fingerprint density at radius 2 is 1.88 bits per heavy atom. The van der Waals surface area contributed by atoms with E-state index in [9.17, 15) is 22.3 Å². The molecule has 0 bridgehead atoms. The SMILES string of the molecule is CC(C)(C[C@@](C)(CS(=O)(=O)C(C)(C)C#N)c1cc(Br)cnc1F)S(N)=O. The van der Waals surface area contributed by atoms with Crippen LogP contribution in [0.15, 0.2) is 16.7 Å². The summed E-state index contributed by atoms with van der Waals surface area (Å²) in [6.45, 7) is 7.38. The van der Waals surface area contributed by atoms with Crippen LogP contribution in [0, 0.1) is 17.3 Å². The van der Waals surface area contributed by atoms with Crippen LogP contribution < -0.4 is 5.14 Å². The summed E-state index contributed by atoms with van der Waals surface area (Å²) in [6.07, 6.45) is 1.28. The quantitative estimate of drug-likeness (QED) is 0.618. The van der Waals surface area contributed by atoms with Crippen LogP contribution in [0.25, 0.3) is 0 Å². The molecule has 0 aromatic carbocycles. The van der Waals surface area contributed by atoms with Gasteiger partial charge < -0.3 is 0 Å². The first-order valence-electron chi connectivity index (χ1n) is 7.69. The van der Waals surface area contributed by atoms with Crippen LogP contribution >= 0.6 is 15.9 Å². The highest BCUT2D eigenvalue weighted by Crippen LogP contribution is 2.39. The molecule has 26 heavy (non-hydrogen) atoms. The topological polar surface area (TPSA) is 114 Å². The molecule has 0 radical (unpaired) electrons. The van der Waals surface area contributed by atoms with E-state index in [0.717, 1.165) is 0 Å². The molecule has 0 spiro atoms. The minimum Gasteiger partial charge on any atom is -0.251 e. The normalized spacial score (nSPS) is 16.6. The lowest BCUT2D eigenvalue weighted by Gasteiger charge is -2.37. The highest BCUT2D eigenvalue weighted by molar-refractivity contribution is 9.10. The average molecular weight is 468 g/mol. The Kier molecular flexibility index (Phi) is 6.78. The molecule has 1 aromatic heterocycles. The third-order valence-electron chi connectivity index (χ3n) is 4.37. The van der Waals surface area contributed by atoms with Crippen molar-refractivity contribution < 1.29 is 17.0 Å². The van der Waals surface area contributed by atoms with Gasteiger partial charge in [0.15, 0.2) is 14.6 Å². The fourth-order valence-corrected chi connectivity index (χ4v) is 5.14. The maximum Gasteiger partial charge on any atom is 0.216 e. The smallest absolute Gasteiger partial charge is 0.216 e. The van der Waals surface area contributed by atoms with E-state index in [-0.39, 0.29) is 12.0 Å². The Balaban J connectivity index is 3.61. The van der Waals surface area contributed by atoms with Crippen molar-refractivity contribution in [2.75, 3.05) is 5.75 Å². The van der Waals surface area contributed by atoms with Crippen molar-refractivity contribution in [2.24, 2.45) is 5.14 Å². The van der Waals surface area contributed by atoms with Gasteiger partial charge in [0.25, 0.3) is 0 Å². The zero-order chi connectivity index (χ0) is 20.6. The number of rotatable bonds is 7. The minimum atomic E-state index is -3.95. The van der Waals surface area contributed by atoms with Crippen LogP contribution in [0.1, 0.15) is 46.6 Å². The van der Waals surface area contributed by atoms with E-state index in [2.05, 4.69) is 20.9 Å². The molecule has 2 N–H and O–H groups in total. The van der Waals surface area contributed by atoms with Gasteiger partial charge in [-0.2, -0.15) is 9.65 Å². The van der Waals surface area contributed by atoms with E-state index in [4.69, 9.17) is 5.14 Å². The van der Waals surface area contributed by atoms with Crippen molar-refractivity contribution in [3.8, 4) is 6.07 Å². The van der Waals surface area contributed by atoms with E-state index in [1.54, 1.807) is 26.8 Å². The van der Waals surface area contributed by atoms with Crippen molar-refractivity contribution in [3.05, 3.63) is 28.2 Å². The number of aromatic nitrogens is 1. The molecule has 0 saturated carbocycles. The Morgan fingerprint density at radius 3 is 2.35 bits per heavy atom. The highest BCUT2D eigenvalue weighted by Gasteiger charge is 2.46. The maximum atomic E-state index is 14.5. The largest absolute Gasteiger partial charge is 0.251 e. The predicted molar refractivity (Wildman–Crippen MR) is 104 cm³/mol. The number of halogens is 2. The lowest BCUT2D eigenvalue weighted by Crippen LogP contribution is -2.46. The van der Waals surface area contributed by atoms with Crippen molar-refractivity contribution in [2.45, 2.75) is 55.9 Å². The van der Waals surface area contributed by atoms with E-state index >= 15 is 0 Å². The third kappa shape index (κ3) is 4.88. The van der Waals surface area contributed by atoms with Crippen LogP contribution in [0.2, 0.25) is 0 Å². The van der Waals surface area contributed by atoms with Crippen molar-refractivity contribution in [1.82, 2.24) is 4.98 Å². The van der Waals surface area contributed by atoms with Crippen LogP contribution in [0.3, 0.4) is 0 Å². The first kappa shape index (κ1) is 23.1. The molecule has 0 amide bonds. The third-order valence-corrected chi connectivity index (χ3v) is 8.70. The molecule has 1 rings (SSSR count). The molecule has 0 fully saturated rings. The summed E-state index contributed by atoms with van der Waals surface area (Å²) in [4.78, 5) is 3.65. The Labute approximate surface area is 165 Å². The van der Waals surface area contributed by atoms with E-state index in [1.165, 1.54) is 26.1 Å². The highest BCUT2D eigenvalue weighted by atomic mass is 79.9. The fourth-order valence-electron chi connectivity index (χ4n) is 2.75. The minimum absolute atomic E-state index is 0.0128. The molecule has 0 aliphatic heterocycles. The Morgan fingerprint density at radius 1 is 1.35 bits per heavy atom. The van der Waals surface area contributed by atoms with Crippen LogP contribution in [-0.4, -0.2) is 32.9 Å². The summed E-state index contributed by atoms with van der Waals surface area (Å²) in [7, 11) is -5.73. The molecule has 0 saturated heterocycles.